The van der Waals surface area contributed by atoms with Crippen LogP contribution in [0.4, 0.5) is 17.1 Å². The molecule has 0 amide bonds. The van der Waals surface area contributed by atoms with Crippen LogP contribution in [0.25, 0.3) is 39.0 Å². The summed E-state index contributed by atoms with van der Waals surface area (Å²) in [6.45, 7) is 4.84. The van der Waals surface area contributed by atoms with E-state index in [4.69, 9.17) is 0 Å². The number of anilines is 3. The summed E-state index contributed by atoms with van der Waals surface area (Å²) in [5.41, 5.74) is 25.8. The van der Waals surface area contributed by atoms with E-state index in [2.05, 4.69) is 280 Å². The number of allylic oxidation sites excluding steroid dienone is 4. The van der Waals surface area contributed by atoms with Crippen molar-refractivity contribution in [2.75, 3.05) is 4.90 Å². The lowest BCUT2D eigenvalue weighted by Crippen LogP contribution is -2.29. The summed E-state index contributed by atoms with van der Waals surface area (Å²) in [6, 6.07) is 93.7. The normalized spacial score (nSPS) is 15.8. The highest BCUT2D eigenvalue weighted by atomic mass is 15.1. The smallest absolute Gasteiger partial charge is 0.0714 e. The Morgan fingerprint density at radius 1 is 0.361 bits per heavy atom. The lowest BCUT2D eigenvalue weighted by molar-refractivity contribution is 0.660. The molecule has 0 spiro atoms. The first kappa shape index (κ1) is 42.4. The number of benzene rings is 10. The molecule has 4 aliphatic rings. The first-order valence-corrected chi connectivity index (χ1v) is 25.6. The van der Waals surface area contributed by atoms with Crippen LogP contribution in [0.1, 0.15) is 82.3 Å². The van der Waals surface area contributed by atoms with Gasteiger partial charge in [-0.05, 0) is 144 Å². The Hall–Kier alpha value is -8.52. The highest BCUT2D eigenvalue weighted by Crippen LogP contribution is 2.62. The second-order valence-corrected chi connectivity index (χ2v) is 20.6. The molecular weight excluding hydrogens is 867 g/mol. The molecule has 0 fully saturated rings. The van der Waals surface area contributed by atoms with Gasteiger partial charge in [-0.25, -0.2) is 0 Å². The highest BCUT2D eigenvalue weighted by Gasteiger charge is 2.50. The predicted molar refractivity (Wildman–Crippen MR) is 299 cm³/mol. The van der Waals surface area contributed by atoms with Crippen LogP contribution in [0.2, 0.25) is 0 Å². The molecule has 0 heterocycles. The SMILES string of the molecule is CC1(C)c2cc(-c3ccccc3)ccc2-c2ccc(N(c3ccc4c(c3)C(c3ccccc3)(c3ccccc3)c3ccccc3-4)c3cccc4c3C3=C(C=CCC3)C4(c3ccccc3)c3ccccc3)cc21. The summed E-state index contributed by atoms with van der Waals surface area (Å²) < 4.78 is 0. The lowest BCUT2D eigenvalue weighted by Gasteiger charge is -2.36. The van der Waals surface area contributed by atoms with Crippen LogP contribution in [0.15, 0.2) is 266 Å². The maximum atomic E-state index is 2.62. The molecule has 0 saturated carbocycles. The molecule has 4 aliphatic carbocycles. The van der Waals surface area contributed by atoms with Crippen molar-refractivity contribution in [1.82, 2.24) is 0 Å². The van der Waals surface area contributed by atoms with Crippen molar-refractivity contribution < 1.29 is 0 Å². The van der Waals surface area contributed by atoms with Gasteiger partial charge in [-0.3, -0.25) is 0 Å². The minimum absolute atomic E-state index is 0.245. The van der Waals surface area contributed by atoms with Gasteiger partial charge in [0.15, 0.2) is 0 Å². The molecule has 72 heavy (non-hydrogen) atoms. The molecule has 0 unspecified atom stereocenters. The predicted octanol–water partition coefficient (Wildman–Crippen LogP) is 17.9. The summed E-state index contributed by atoms with van der Waals surface area (Å²) in [7, 11) is 0. The summed E-state index contributed by atoms with van der Waals surface area (Å²) in [5.74, 6) is 0. The Morgan fingerprint density at radius 2 is 0.833 bits per heavy atom. The molecule has 0 saturated heterocycles. The average Bonchev–Trinajstić information content (AvgIpc) is 4.01. The number of rotatable bonds is 8. The van der Waals surface area contributed by atoms with Crippen LogP contribution in [-0.2, 0) is 16.2 Å². The molecule has 1 heteroatoms. The number of fused-ring (bicyclic) bond motifs is 8. The first-order valence-electron chi connectivity index (χ1n) is 25.6. The first-order chi connectivity index (χ1) is 35.5. The molecule has 1 nitrogen and oxygen atoms in total. The third-order valence-corrected chi connectivity index (χ3v) is 16.7. The standard InChI is InChI=1S/C71H53N/c1-69(2)64-45-49(48-23-8-3-9-24-48)39-42-57(64)58-43-40-54(46-65(58)69)72(55-41-44-59-56-33-18-20-35-61(56)71(66(59)47-55,52-29-14-6-15-30-52)53-31-16-7-17-32-53)67-38-22-37-63-68(67)60-34-19-21-36-62(60)70(63,50-25-10-4-11-26-50)51-27-12-5-13-28-51/h3-18,20-33,35-47H,19,34H2,1-2H3. The zero-order valence-electron chi connectivity index (χ0n) is 40.7. The molecule has 0 bridgehead atoms. The molecule has 0 atom stereocenters. The van der Waals surface area contributed by atoms with Crippen LogP contribution in [-0.4, -0.2) is 0 Å². The van der Waals surface area contributed by atoms with Crippen molar-refractivity contribution in [1.29, 1.82) is 0 Å². The minimum Gasteiger partial charge on any atom is -0.310 e. The van der Waals surface area contributed by atoms with Gasteiger partial charge in [-0.2, -0.15) is 0 Å². The highest BCUT2D eigenvalue weighted by molar-refractivity contribution is 5.98. The van der Waals surface area contributed by atoms with Crippen molar-refractivity contribution in [3.05, 3.63) is 322 Å². The van der Waals surface area contributed by atoms with Gasteiger partial charge < -0.3 is 4.90 Å². The average molecular weight is 920 g/mol. The summed E-state index contributed by atoms with van der Waals surface area (Å²) in [5, 5.41) is 0. The summed E-state index contributed by atoms with van der Waals surface area (Å²) in [4.78, 5) is 2.62. The maximum Gasteiger partial charge on any atom is 0.0714 e. The maximum absolute atomic E-state index is 2.62. The van der Waals surface area contributed by atoms with Crippen LogP contribution >= 0.6 is 0 Å². The van der Waals surface area contributed by atoms with E-state index < -0.39 is 10.8 Å². The third-order valence-electron chi connectivity index (χ3n) is 16.7. The molecule has 0 aliphatic heterocycles. The zero-order valence-corrected chi connectivity index (χ0v) is 40.7. The van der Waals surface area contributed by atoms with Gasteiger partial charge in [0.25, 0.3) is 0 Å². The third kappa shape index (κ3) is 5.95. The molecule has 342 valence electrons. The Bertz CT molecular complexity index is 3730. The van der Waals surface area contributed by atoms with E-state index in [0.717, 1.165) is 24.2 Å². The molecule has 0 aromatic heterocycles. The molecular formula is C71H53N. The molecule has 10 aromatic carbocycles. The van der Waals surface area contributed by atoms with Gasteiger partial charge in [-0.15, -0.1) is 0 Å². The Balaban J connectivity index is 1.05. The Labute approximate surface area is 423 Å². The lowest BCUT2D eigenvalue weighted by atomic mass is 9.66. The summed E-state index contributed by atoms with van der Waals surface area (Å²) >= 11 is 0. The van der Waals surface area contributed by atoms with Crippen LogP contribution in [0, 0.1) is 0 Å². The van der Waals surface area contributed by atoms with Gasteiger partial charge in [-0.1, -0.05) is 238 Å². The van der Waals surface area contributed by atoms with Gasteiger partial charge >= 0.3 is 0 Å². The Morgan fingerprint density at radius 3 is 1.44 bits per heavy atom. The second-order valence-electron chi connectivity index (χ2n) is 20.6. The van der Waals surface area contributed by atoms with Crippen LogP contribution in [0.3, 0.4) is 0 Å². The van der Waals surface area contributed by atoms with Crippen LogP contribution < -0.4 is 4.90 Å². The number of nitrogens with zero attached hydrogens (tertiary/aromatic N) is 1. The van der Waals surface area contributed by atoms with E-state index in [1.54, 1.807) is 0 Å². The fourth-order valence-electron chi connectivity index (χ4n) is 13.6. The molecule has 14 rings (SSSR count). The van der Waals surface area contributed by atoms with Crippen molar-refractivity contribution >= 4 is 22.6 Å². The van der Waals surface area contributed by atoms with Crippen molar-refractivity contribution in [2.45, 2.75) is 42.9 Å². The topological polar surface area (TPSA) is 3.24 Å². The second kappa shape index (κ2) is 16.3. The largest absolute Gasteiger partial charge is 0.310 e. The van der Waals surface area contributed by atoms with Crippen molar-refractivity contribution in [3.63, 3.8) is 0 Å². The fourth-order valence-corrected chi connectivity index (χ4v) is 13.6. The Kier molecular flexibility index (Phi) is 9.57. The quantitative estimate of drug-likeness (QED) is 0.147. The molecule has 0 N–H and O–H groups in total. The zero-order chi connectivity index (χ0) is 48.0. The van der Waals surface area contributed by atoms with E-state index in [-0.39, 0.29) is 5.41 Å². The van der Waals surface area contributed by atoms with E-state index >= 15 is 0 Å². The summed E-state index contributed by atoms with van der Waals surface area (Å²) in [6.07, 6.45) is 6.81. The van der Waals surface area contributed by atoms with Crippen molar-refractivity contribution in [2.24, 2.45) is 0 Å². The van der Waals surface area contributed by atoms with Gasteiger partial charge in [0.1, 0.15) is 0 Å². The van der Waals surface area contributed by atoms with E-state index in [9.17, 15) is 0 Å². The van der Waals surface area contributed by atoms with Gasteiger partial charge in [0.05, 0.1) is 16.5 Å². The van der Waals surface area contributed by atoms with Crippen molar-refractivity contribution in [3.8, 4) is 33.4 Å². The molecule has 10 aromatic rings. The van der Waals surface area contributed by atoms with Gasteiger partial charge in [0.2, 0.25) is 0 Å². The number of hydrogen-bond acceptors (Lipinski definition) is 1. The van der Waals surface area contributed by atoms with E-state index in [1.807, 2.05) is 0 Å². The van der Waals surface area contributed by atoms with Gasteiger partial charge in [0, 0.05) is 22.4 Å². The van der Waals surface area contributed by atoms with Crippen LogP contribution in [0.5, 0.6) is 0 Å². The molecule has 0 radical (unpaired) electrons. The monoisotopic (exact) mass is 919 g/mol. The van der Waals surface area contributed by atoms with E-state index in [0.29, 0.717) is 0 Å². The minimum atomic E-state index is -0.549. The number of hydrogen-bond donors (Lipinski definition) is 0. The van der Waals surface area contributed by atoms with E-state index in [1.165, 1.54) is 106 Å². The fraction of sp³-hybridized carbons (Fsp3) is 0.0986.